The minimum atomic E-state index is -0.378. The predicted octanol–water partition coefficient (Wildman–Crippen LogP) is 3.30. The number of hydrogen-bond acceptors (Lipinski definition) is 7. The summed E-state index contributed by atoms with van der Waals surface area (Å²) in [6, 6.07) is 6.35. The number of fused-ring (bicyclic) bond motifs is 1. The van der Waals surface area contributed by atoms with E-state index in [9.17, 15) is 9.59 Å². The molecule has 0 radical (unpaired) electrons. The van der Waals surface area contributed by atoms with Crippen LogP contribution in [0.5, 0.6) is 5.88 Å². The monoisotopic (exact) mass is 439 g/mol. The topological polar surface area (TPSA) is 110 Å². The number of ether oxygens (including phenoxy) is 1. The number of rotatable bonds is 5. The second-order valence-electron chi connectivity index (χ2n) is 5.76. The van der Waals surface area contributed by atoms with Crippen LogP contribution in [0.2, 0.25) is 10.0 Å². The van der Waals surface area contributed by atoms with E-state index in [4.69, 9.17) is 33.7 Å². The first-order chi connectivity index (χ1) is 13.3. The van der Waals surface area contributed by atoms with E-state index in [0.717, 1.165) is 11.3 Å². The average Bonchev–Trinajstić information content (AvgIpc) is 3.07. The van der Waals surface area contributed by atoms with Crippen LogP contribution < -0.4 is 15.8 Å². The Hall–Kier alpha value is -2.62. The fourth-order valence-electron chi connectivity index (χ4n) is 2.42. The van der Waals surface area contributed by atoms with Crippen molar-refractivity contribution in [1.29, 1.82) is 0 Å². The molecule has 0 atom stereocenters. The SMILES string of the molecule is COc1nc(N)nc2sc(C(=O)N(C)CC(=O)Nc3ccc(Cl)c(Cl)c3)cc12. The molecular weight excluding hydrogens is 425 g/mol. The minimum absolute atomic E-state index is 0.0551. The summed E-state index contributed by atoms with van der Waals surface area (Å²) in [6.45, 7) is -0.154. The molecule has 146 valence electrons. The predicted molar refractivity (Wildman–Crippen MR) is 110 cm³/mol. The van der Waals surface area contributed by atoms with Gasteiger partial charge in [-0.25, -0.2) is 4.98 Å². The number of benzene rings is 1. The van der Waals surface area contributed by atoms with Gasteiger partial charge >= 0.3 is 0 Å². The molecule has 28 heavy (non-hydrogen) atoms. The fraction of sp³-hybridized carbons (Fsp3) is 0.176. The number of aromatic nitrogens is 2. The lowest BCUT2D eigenvalue weighted by atomic mass is 10.3. The van der Waals surface area contributed by atoms with Crippen LogP contribution in [-0.4, -0.2) is 47.4 Å². The first-order valence-electron chi connectivity index (χ1n) is 7.90. The van der Waals surface area contributed by atoms with Crippen molar-refractivity contribution >= 4 is 68.2 Å². The Morgan fingerprint density at radius 3 is 2.68 bits per heavy atom. The zero-order valence-corrected chi connectivity index (χ0v) is 17.2. The molecule has 8 nitrogen and oxygen atoms in total. The Kier molecular flexibility index (Phi) is 5.87. The molecule has 0 unspecified atom stereocenters. The number of nitrogens with one attached hydrogen (secondary N) is 1. The van der Waals surface area contributed by atoms with Crippen LogP contribution >= 0.6 is 34.5 Å². The number of thiophene rings is 1. The van der Waals surface area contributed by atoms with Gasteiger partial charge in [0.05, 0.1) is 34.0 Å². The number of hydrogen-bond donors (Lipinski definition) is 2. The molecule has 0 saturated heterocycles. The molecule has 0 saturated carbocycles. The molecule has 0 aliphatic carbocycles. The van der Waals surface area contributed by atoms with Crippen LogP contribution in [0.4, 0.5) is 11.6 Å². The highest BCUT2D eigenvalue weighted by molar-refractivity contribution is 7.20. The quantitative estimate of drug-likeness (QED) is 0.630. The lowest BCUT2D eigenvalue weighted by molar-refractivity contribution is -0.116. The lowest BCUT2D eigenvalue weighted by Gasteiger charge is -2.16. The van der Waals surface area contributed by atoms with Crippen molar-refractivity contribution in [2.24, 2.45) is 0 Å². The van der Waals surface area contributed by atoms with Crippen molar-refractivity contribution in [2.45, 2.75) is 0 Å². The van der Waals surface area contributed by atoms with Gasteiger partial charge in [0.25, 0.3) is 5.91 Å². The summed E-state index contributed by atoms with van der Waals surface area (Å²) >= 11 is 12.9. The number of nitrogens with zero attached hydrogens (tertiary/aromatic N) is 3. The molecule has 0 aliphatic rings. The number of carbonyl (C=O) groups excluding carboxylic acids is 2. The maximum absolute atomic E-state index is 12.7. The summed E-state index contributed by atoms with van der Waals surface area (Å²) in [5.74, 6) is -0.373. The Labute approximate surface area is 174 Å². The second kappa shape index (κ2) is 8.17. The minimum Gasteiger partial charge on any atom is -0.480 e. The van der Waals surface area contributed by atoms with Crippen LogP contribution in [0.1, 0.15) is 9.67 Å². The van der Waals surface area contributed by atoms with Crippen molar-refractivity contribution in [3.8, 4) is 5.88 Å². The number of carbonyl (C=O) groups is 2. The van der Waals surface area contributed by atoms with E-state index in [-0.39, 0.29) is 30.2 Å². The highest BCUT2D eigenvalue weighted by Crippen LogP contribution is 2.31. The van der Waals surface area contributed by atoms with E-state index in [1.54, 1.807) is 18.2 Å². The number of halogens is 2. The Morgan fingerprint density at radius 1 is 1.25 bits per heavy atom. The number of likely N-dealkylation sites (N-methyl/N-ethyl adjacent to an activating group) is 1. The van der Waals surface area contributed by atoms with E-state index < -0.39 is 0 Å². The molecule has 0 aliphatic heterocycles. The number of amides is 2. The van der Waals surface area contributed by atoms with Crippen LogP contribution in [-0.2, 0) is 4.79 Å². The molecule has 0 bridgehead atoms. The number of anilines is 2. The molecule has 0 fully saturated rings. The summed E-state index contributed by atoms with van der Waals surface area (Å²) in [4.78, 5) is 35.2. The highest BCUT2D eigenvalue weighted by Gasteiger charge is 2.20. The Balaban J connectivity index is 1.72. The number of methoxy groups -OCH3 is 1. The molecule has 2 aromatic heterocycles. The molecule has 2 heterocycles. The molecule has 3 N–H and O–H groups in total. The van der Waals surface area contributed by atoms with E-state index in [0.29, 0.717) is 30.8 Å². The summed E-state index contributed by atoms with van der Waals surface area (Å²) in [6.07, 6.45) is 0. The third-order valence-corrected chi connectivity index (χ3v) is 5.47. The van der Waals surface area contributed by atoms with Crippen LogP contribution in [0.25, 0.3) is 10.2 Å². The average molecular weight is 440 g/mol. The summed E-state index contributed by atoms with van der Waals surface area (Å²) in [5, 5.41) is 3.96. The smallest absolute Gasteiger partial charge is 0.264 e. The fourth-order valence-corrected chi connectivity index (χ4v) is 3.74. The van der Waals surface area contributed by atoms with Gasteiger partial charge in [-0.05, 0) is 24.3 Å². The van der Waals surface area contributed by atoms with Gasteiger partial charge in [-0.2, -0.15) is 4.98 Å². The van der Waals surface area contributed by atoms with Gasteiger partial charge in [0.1, 0.15) is 4.83 Å². The van der Waals surface area contributed by atoms with Gasteiger partial charge in [0, 0.05) is 12.7 Å². The summed E-state index contributed by atoms with van der Waals surface area (Å²) in [5.41, 5.74) is 6.13. The molecular formula is C17H15Cl2N5O3S. The zero-order chi connectivity index (χ0) is 20.4. The van der Waals surface area contributed by atoms with E-state index in [1.807, 2.05) is 0 Å². The first kappa shape index (κ1) is 20.1. The van der Waals surface area contributed by atoms with E-state index in [2.05, 4.69) is 15.3 Å². The van der Waals surface area contributed by atoms with E-state index >= 15 is 0 Å². The maximum Gasteiger partial charge on any atom is 0.264 e. The van der Waals surface area contributed by atoms with Gasteiger partial charge in [-0.1, -0.05) is 23.2 Å². The van der Waals surface area contributed by atoms with Gasteiger partial charge in [0.2, 0.25) is 17.7 Å². The third-order valence-electron chi connectivity index (χ3n) is 3.71. The van der Waals surface area contributed by atoms with Crippen LogP contribution in [0.15, 0.2) is 24.3 Å². The maximum atomic E-state index is 12.7. The van der Waals surface area contributed by atoms with Gasteiger partial charge in [0.15, 0.2) is 0 Å². The van der Waals surface area contributed by atoms with Crippen molar-refractivity contribution in [1.82, 2.24) is 14.9 Å². The zero-order valence-electron chi connectivity index (χ0n) is 14.8. The van der Waals surface area contributed by atoms with Crippen molar-refractivity contribution in [2.75, 3.05) is 31.8 Å². The van der Waals surface area contributed by atoms with Crippen molar-refractivity contribution in [3.05, 3.63) is 39.2 Å². The molecule has 2 amide bonds. The van der Waals surface area contributed by atoms with Gasteiger partial charge < -0.3 is 20.7 Å². The molecule has 3 rings (SSSR count). The summed E-state index contributed by atoms with van der Waals surface area (Å²) < 4.78 is 5.18. The van der Waals surface area contributed by atoms with Crippen molar-refractivity contribution < 1.29 is 14.3 Å². The molecule has 11 heteroatoms. The summed E-state index contributed by atoms with van der Waals surface area (Å²) in [7, 11) is 2.98. The lowest BCUT2D eigenvalue weighted by Crippen LogP contribution is -2.34. The second-order valence-corrected chi connectivity index (χ2v) is 7.60. The molecule has 3 aromatic rings. The molecule has 0 spiro atoms. The van der Waals surface area contributed by atoms with Crippen molar-refractivity contribution in [3.63, 3.8) is 0 Å². The third kappa shape index (κ3) is 4.27. The van der Waals surface area contributed by atoms with Gasteiger partial charge in [-0.3, -0.25) is 9.59 Å². The van der Waals surface area contributed by atoms with Crippen LogP contribution in [0.3, 0.4) is 0 Å². The largest absolute Gasteiger partial charge is 0.480 e. The Bertz CT molecular complexity index is 1070. The highest BCUT2D eigenvalue weighted by atomic mass is 35.5. The standard InChI is InChI=1S/C17H15Cl2N5O3S/c1-24(7-13(25)21-8-3-4-10(18)11(19)5-8)16(26)12-6-9-14(27-2)22-17(20)23-15(9)28-12/h3-6H,7H2,1-2H3,(H,21,25)(H2,20,22,23). The van der Waals surface area contributed by atoms with E-state index in [1.165, 1.54) is 25.1 Å². The Morgan fingerprint density at radius 2 is 2.00 bits per heavy atom. The number of nitrogens with two attached hydrogens (primary N) is 1. The first-order valence-corrected chi connectivity index (χ1v) is 9.47. The normalized spacial score (nSPS) is 10.7. The van der Waals surface area contributed by atoms with Crippen LogP contribution in [0, 0.1) is 0 Å². The van der Waals surface area contributed by atoms with Gasteiger partial charge in [-0.15, -0.1) is 11.3 Å². The molecule has 1 aromatic carbocycles. The number of nitrogen functional groups attached to an aromatic ring is 1.